The first-order valence-corrected chi connectivity index (χ1v) is 6.18. The molecule has 102 valence electrons. The SMILES string of the molecule is CC(C)NC(=O)COC1CCC#CC(F)(F)CC1. The summed E-state index contributed by atoms with van der Waals surface area (Å²) in [6, 6.07) is 0.0497. The van der Waals surface area contributed by atoms with Crippen molar-refractivity contribution in [2.45, 2.75) is 57.6 Å². The number of carbonyl (C=O) groups is 1. The maximum Gasteiger partial charge on any atom is 0.308 e. The fourth-order valence-corrected chi connectivity index (χ4v) is 1.70. The lowest BCUT2D eigenvalue weighted by molar-refractivity contribution is -0.128. The van der Waals surface area contributed by atoms with Crippen molar-refractivity contribution >= 4 is 5.91 Å². The van der Waals surface area contributed by atoms with Gasteiger partial charge in [0, 0.05) is 18.9 Å². The third kappa shape index (κ3) is 5.97. The number of halogens is 2. The van der Waals surface area contributed by atoms with Gasteiger partial charge in [0.05, 0.1) is 6.10 Å². The van der Waals surface area contributed by atoms with Crippen LogP contribution in [0.5, 0.6) is 0 Å². The maximum absolute atomic E-state index is 13.1. The molecule has 1 aliphatic rings. The lowest BCUT2D eigenvalue weighted by Gasteiger charge is -2.20. The van der Waals surface area contributed by atoms with Crippen molar-refractivity contribution in [1.29, 1.82) is 0 Å². The van der Waals surface area contributed by atoms with Gasteiger partial charge in [-0.1, -0.05) is 5.92 Å². The van der Waals surface area contributed by atoms with E-state index in [-0.39, 0.29) is 37.5 Å². The van der Waals surface area contributed by atoms with Crippen LogP contribution < -0.4 is 5.32 Å². The van der Waals surface area contributed by atoms with Crippen LogP contribution in [0.15, 0.2) is 0 Å². The van der Waals surface area contributed by atoms with Crippen molar-refractivity contribution < 1.29 is 18.3 Å². The molecule has 0 aromatic rings. The van der Waals surface area contributed by atoms with Gasteiger partial charge in [0.1, 0.15) is 6.61 Å². The van der Waals surface area contributed by atoms with Gasteiger partial charge in [-0.3, -0.25) is 4.79 Å². The molecule has 1 atom stereocenters. The van der Waals surface area contributed by atoms with Crippen molar-refractivity contribution in [3.05, 3.63) is 0 Å². The summed E-state index contributed by atoms with van der Waals surface area (Å²) < 4.78 is 31.5. The molecule has 1 amide bonds. The summed E-state index contributed by atoms with van der Waals surface area (Å²) >= 11 is 0. The van der Waals surface area contributed by atoms with Crippen LogP contribution in [0.3, 0.4) is 0 Å². The average Bonchev–Trinajstić information content (AvgIpc) is 2.23. The van der Waals surface area contributed by atoms with Gasteiger partial charge in [0.15, 0.2) is 0 Å². The number of rotatable bonds is 4. The Morgan fingerprint density at radius 3 is 2.89 bits per heavy atom. The monoisotopic (exact) mass is 259 g/mol. The molecular formula is C13H19F2NO2. The van der Waals surface area contributed by atoms with Crippen molar-refractivity contribution in [3.8, 4) is 11.8 Å². The normalized spacial score (nSPS) is 22.6. The van der Waals surface area contributed by atoms with Crippen LogP contribution in [0.1, 0.15) is 39.5 Å². The van der Waals surface area contributed by atoms with Gasteiger partial charge in [-0.05, 0) is 32.6 Å². The van der Waals surface area contributed by atoms with Crippen LogP contribution in [0.4, 0.5) is 8.78 Å². The molecule has 18 heavy (non-hydrogen) atoms. The number of hydrogen-bond acceptors (Lipinski definition) is 2. The van der Waals surface area contributed by atoms with Crippen molar-refractivity contribution in [1.82, 2.24) is 5.32 Å². The van der Waals surface area contributed by atoms with E-state index in [1.54, 1.807) is 0 Å². The number of hydrogen-bond donors (Lipinski definition) is 1. The second-order valence-corrected chi connectivity index (χ2v) is 4.74. The predicted molar refractivity (Wildman–Crippen MR) is 64.2 cm³/mol. The Hall–Kier alpha value is -1.15. The summed E-state index contributed by atoms with van der Waals surface area (Å²) in [7, 11) is 0. The van der Waals surface area contributed by atoms with Gasteiger partial charge >= 0.3 is 5.92 Å². The largest absolute Gasteiger partial charge is 0.368 e. The highest BCUT2D eigenvalue weighted by Crippen LogP contribution is 2.24. The van der Waals surface area contributed by atoms with Crippen LogP contribution in [-0.4, -0.2) is 30.6 Å². The molecule has 1 aliphatic carbocycles. The smallest absolute Gasteiger partial charge is 0.308 e. The number of nitrogens with one attached hydrogen (secondary N) is 1. The first kappa shape index (κ1) is 14.9. The van der Waals surface area contributed by atoms with E-state index < -0.39 is 5.92 Å². The molecule has 0 saturated heterocycles. The highest BCUT2D eigenvalue weighted by Gasteiger charge is 2.28. The molecule has 0 fully saturated rings. The zero-order valence-corrected chi connectivity index (χ0v) is 10.8. The van der Waals surface area contributed by atoms with Crippen molar-refractivity contribution in [3.63, 3.8) is 0 Å². The summed E-state index contributed by atoms with van der Waals surface area (Å²) in [5.74, 6) is 1.25. The molecular weight excluding hydrogens is 240 g/mol. The lowest BCUT2D eigenvalue weighted by Crippen LogP contribution is -2.35. The Bertz CT molecular complexity index is 345. The molecule has 0 spiro atoms. The third-order valence-electron chi connectivity index (χ3n) is 2.54. The maximum atomic E-state index is 13.1. The Morgan fingerprint density at radius 2 is 2.22 bits per heavy atom. The molecule has 0 aromatic heterocycles. The van der Waals surface area contributed by atoms with Crippen LogP contribution in [0.25, 0.3) is 0 Å². The van der Waals surface area contributed by atoms with E-state index in [0.717, 1.165) is 0 Å². The van der Waals surface area contributed by atoms with Crippen molar-refractivity contribution in [2.75, 3.05) is 6.61 Å². The van der Waals surface area contributed by atoms with Crippen molar-refractivity contribution in [2.24, 2.45) is 0 Å². The minimum absolute atomic E-state index is 0.0497. The van der Waals surface area contributed by atoms with E-state index in [2.05, 4.69) is 11.2 Å². The van der Waals surface area contributed by atoms with Crippen LogP contribution in [0, 0.1) is 11.8 Å². The van der Waals surface area contributed by atoms with E-state index in [9.17, 15) is 13.6 Å². The van der Waals surface area contributed by atoms with Gasteiger partial charge in [-0.25, -0.2) is 0 Å². The Balaban J connectivity index is 2.36. The standard InChI is InChI=1S/C13H19F2NO2/c1-10(2)16-12(17)9-18-11-5-3-4-7-13(14,15)8-6-11/h10-11H,3,5-6,8-9H2,1-2H3,(H,16,17). The van der Waals surface area contributed by atoms with E-state index in [0.29, 0.717) is 12.8 Å². The van der Waals surface area contributed by atoms with E-state index >= 15 is 0 Å². The summed E-state index contributed by atoms with van der Waals surface area (Å²) in [4.78, 5) is 11.4. The van der Waals surface area contributed by atoms with Gasteiger partial charge in [-0.2, -0.15) is 8.78 Å². The highest BCUT2D eigenvalue weighted by molar-refractivity contribution is 5.77. The topological polar surface area (TPSA) is 38.3 Å². The molecule has 3 nitrogen and oxygen atoms in total. The number of carbonyl (C=O) groups excluding carboxylic acids is 1. The van der Waals surface area contributed by atoms with Gasteiger partial charge < -0.3 is 10.1 Å². The molecule has 1 rings (SSSR count). The third-order valence-corrected chi connectivity index (χ3v) is 2.54. The Morgan fingerprint density at radius 1 is 1.50 bits per heavy atom. The van der Waals surface area contributed by atoms with Gasteiger partial charge in [0.25, 0.3) is 0 Å². The number of ether oxygens (including phenoxy) is 1. The van der Waals surface area contributed by atoms with Crippen LogP contribution in [-0.2, 0) is 9.53 Å². The quantitative estimate of drug-likeness (QED) is 0.785. The minimum atomic E-state index is -2.93. The van der Waals surface area contributed by atoms with E-state index in [1.165, 1.54) is 0 Å². The Kier molecular flexibility index (Phi) is 5.54. The zero-order valence-electron chi connectivity index (χ0n) is 10.8. The predicted octanol–water partition coefficient (Wildman–Crippen LogP) is 2.11. The summed E-state index contributed by atoms with van der Waals surface area (Å²) in [6.45, 7) is 3.62. The zero-order chi connectivity index (χ0) is 13.6. The summed E-state index contributed by atoms with van der Waals surface area (Å²) in [5.41, 5.74) is 0. The average molecular weight is 259 g/mol. The molecule has 0 saturated carbocycles. The van der Waals surface area contributed by atoms with Crippen LogP contribution in [0.2, 0.25) is 0 Å². The summed E-state index contributed by atoms with van der Waals surface area (Å²) in [6.07, 6.45) is 0.584. The first-order valence-electron chi connectivity index (χ1n) is 6.18. The first-order chi connectivity index (χ1) is 8.39. The molecule has 0 aromatic carbocycles. The molecule has 0 radical (unpaired) electrons. The molecule has 0 heterocycles. The number of alkyl halides is 2. The second kappa shape index (κ2) is 6.69. The fourth-order valence-electron chi connectivity index (χ4n) is 1.70. The van der Waals surface area contributed by atoms with Crippen LogP contribution >= 0.6 is 0 Å². The molecule has 0 aliphatic heterocycles. The minimum Gasteiger partial charge on any atom is -0.368 e. The fraction of sp³-hybridized carbons (Fsp3) is 0.769. The van der Waals surface area contributed by atoms with E-state index in [1.807, 2.05) is 19.8 Å². The second-order valence-electron chi connectivity index (χ2n) is 4.74. The lowest BCUT2D eigenvalue weighted by atomic mass is 10.0. The molecule has 5 heteroatoms. The highest BCUT2D eigenvalue weighted by atomic mass is 19.3. The van der Waals surface area contributed by atoms with Gasteiger partial charge in [0.2, 0.25) is 5.91 Å². The summed E-state index contributed by atoms with van der Waals surface area (Å²) in [5, 5.41) is 2.69. The molecule has 1 unspecified atom stereocenters. The van der Waals surface area contributed by atoms with Gasteiger partial charge in [-0.15, -0.1) is 0 Å². The molecule has 1 N–H and O–H groups in total. The van der Waals surface area contributed by atoms with E-state index in [4.69, 9.17) is 4.74 Å². The molecule has 0 bridgehead atoms. The Labute approximate surface area is 106 Å². The number of amides is 1.